The first-order valence-electron chi connectivity index (χ1n) is 11.2. The van der Waals surface area contributed by atoms with Gasteiger partial charge in [-0.15, -0.1) is 0 Å². The van der Waals surface area contributed by atoms with E-state index in [9.17, 15) is 9.59 Å². The summed E-state index contributed by atoms with van der Waals surface area (Å²) in [5.41, 5.74) is 4.93. The van der Waals surface area contributed by atoms with Crippen LogP contribution >= 0.6 is 27.7 Å². The first-order chi connectivity index (χ1) is 16.1. The van der Waals surface area contributed by atoms with Gasteiger partial charge in [-0.2, -0.15) is 0 Å². The maximum atomic E-state index is 11.8. The molecule has 0 aliphatic carbocycles. The third kappa shape index (κ3) is 4.84. The van der Waals surface area contributed by atoms with Crippen molar-refractivity contribution < 1.29 is 23.8 Å². The van der Waals surface area contributed by atoms with Crippen molar-refractivity contribution in [1.82, 2.24) is 5.32 Å². The molecule has 1 saturated heterocycles. The molecule has 1 atom stereocenters. The summed E-state index contributed by atoms with van der Waals surface area (Å²) in [4.78, 5) is 23.5. The molecule has 0 spiro atoms. The van der Waals surface area contributed by atoms with Crippen LogP contribution in [-0.4, -0.2) is 30.0 Å². The Bertz CT molecular complexity index is 1210. The van der Waals surface area contributed by atoms with E-state index in [1.807, 2.05) is 25.1 Å². The fraction of sp³-hybridized carbons (Fsp3) is 0.385. The number of ether oxygens (including phenoxy) is 3. The number of thioether (sulfide) groups is 1. The van der Waals surface area contributed by atoms with E-state index in [1.54, 1.807) is 6.08 Å². The summed E-state index contributed by atoms with van der Waals surface area (Å²) in [6.07, 6.45) is 3.41. The Labute approximate surface area is 212 Å². The van der Waals surface area contributed by atoms with E-state index >= 15 is 0 Å². The molecule has 0 bridgehead atoms. The van der Waals surface area contributed by atoms with Crippen molar-refractivity contribution in [3.63, 3.8) is 0 Å². The van der Waals surface area contributed by atoms with Crippen molar-refractivity contribution in [2.24, 2.45) is 0 Å². The second-order valence-electron chi connectivity index (χ2n) is 8.83. The first kappa shape index (κ1) is 24.7. The Morgan fingerprint density at radius 1 is 1.18 bits per heavy atom. The largest absolute Gasteiger partial charge is 0.493 e. The summed E-state index contributed by atoms with van der Waals surface area (Å²) >= 11 is 4.46. The van der Waals surface area contributed by atoms with Crippen LogP contribution in [0.25, 0.3) is 6.08 Å². The van der Waals surface area contributed by atoms with E-state index in [2.05, 4.69) is 48.9 Å². The minimum atomic E-state index is -0.469. The number of benzene rings is 2. The van der Waals surface area contributed by atoms with Gasteiger partial charge in [-0.3, -0.25) is 14.9 Å². The molecular formula is C26H28BrNO5S. The third-order valence-electron chi connectivity index (χ3n) is 6.28. The molecule has 2 aliphatic rings. The van der Waals surface area contributed by atoms with Gasteiger partial charge in [-0.1, -0.05) is 6.07 Å². The second kappa shape index (κ2) is 9.66. The van der Waals surface area contributed by atoms with Gasteiger partial charge in [0.15, 0.2) is 0 Å². The van der Waals surface area contributed by atoms with Crippen LogP contribution in [0.4, 0.5) is 4.79 Å². The Hall–Kier alpha value is -2.45. The van der Waals surface area contributed by atoms with Gasteiger partial charge in [-0.05, 0) is 116 Å². The Kier molecular flexibility index (Phi) is 7.01. The summed E-state index contributed by atoms with van der Waals surface area (Å²) in [6, 6.07) is 5.57. The zero-order chi connectivity index (χ0) is 24.6. The second-order valence-corrected chi connectivity index (χ2v) is 10.7. The van der Waals surface area contributed by atoms with Crippen molar-refractivity contribution >= 4 is 44.9 Å². The quantitative estimate of drug-likeness (QED) is 0.432. The molecule has 8 heteroatoms. The van der Waals surface area contributed by atoms with Gasteiger partial charge >= 0.3 is 0 Å². The van der Waals surface area contributed by atoms with Gasteiger partial charge in [0.1, 0.15) is 29.5 Å². The summed E-state index contributed by atoms with van der Waals surface area (Å²) in [5, 5.41) is 1.91. The van der Waals surface area contributed by atoms with Gasteiger partial charge in [0.2, 0.25) is 0 Å². The van der Waals surface area contributed by atoms with Crippen LogP contribution in [0.3, 0.4) is 0 Å². The molecule has 0 saturated carbocycles. The van der Waals surface area contributed by atoms with Gasteiger partial charge in [0.25, 0.3) is 11.1 Å². The number of amides is 2. The number of imide groups is 1. The molecule has 2 aromatic rings. The van der Waals surface area contributed by atoms with Gasteiger partial charge in [0, 0.05) is 5.56 Å². The number of nitrogens with one attached hydrogen (secondary N) is 1. The highest BCUT2D eigenvalue weighted by atomic mass is 79.9. The average molecular weight is 546 g/mol. The zero-order valence-electron chi connectivity index (χ0n) is 20.0. The van der Waals surface area contributed by atoms with E-state index in [1.165, 1.54) is 5.56 Å². The molecular weight excluding hydrogens is 518 g/mol. The molecule has 34 heavy (non-hydrogen) atoms. The van der Waals surface area contributed by atoms with Crippen LogP contribution in [0.2, 0.25) is 0 Å². The zero-order valence-corrected chi connectivity index (χ0v) is 22.4. The molecule has 0 aromatic heterocycles. The molecule has 1 fully saturated rings. The minimum Gasteiger partial charge on any atom is -0.493 e. The maximum absolute atomic E-state index is 11.8. The van der Waals surface area contributed by atoms with Crippen LogP contribution in [0.1, 0.15) is 48.1 Å². The maximum Gasteiger partial charge on any atom is 0.290 e. The molecule has 2 aliphatic heterocycles. The number of rotatable bonds is 6. The van der Waals surface area contributed by atoms with Gasteiger partial charge in [-0.25, -0.2) is 0 Å². The van der Waals surface area contributed by atoms with E-state index in [0.29, 0.717) is 23.9 Å². The number of fused-ring (bicyclic) bond motifs is 1. The van der Waals surface area contributed by atoms with E-state index in [-0.39, 0.29) is 11.1 Å². The lowest BCUT2D eigenvalue weighted by molar-refractivity contribution is -0.115. The molecule has 2 amide bonds. The number of carbonyl (C=O) groups excluding carboxylic acids is 2. The predicted molar refractivity (Wildman–Crippen MR) is 138 cm³/mol. The third-order valence-corrected chi connectivity index (χ3v) is 7.71. The molecule has 1 unspecified atom stereocenters. The summed E-state index contributed by atoms with van der Waals surface area (Å²) in [7, 11) is 0. The van der Waals surface area contributed by atoms with Crippen molar-refractivity contribution in [2.45, 2.75) is 53.1 Å². The molecule has 4 rings (SSSR count). The Balaban J connectivity index is 1.49. The number of halogens is 1. The van der Waals surface area contributed by atoms with Gasteiger partial charge in [0.05, 0.1) is 16.0 Å². The lowest BCUT2D eigenvalue weighted by Crippen LogP contribution is -2.42. The number of hydrogen-bond donors (Lipinski definition) is 1. The Morgan fingerprint density at radius 3 is 2.59 bits per heavy atom. The van der Waals surface area contributed by atoms with Crippen LogP contribution in [0.5, 0.6) is 17.2 Å². The van der Waals surface area contributed by atoms with E-state index in [4.69, 9.17) is 14.2 Å². The van der Waals surface area contributed by atoms with E-state index < -0.39 is 5.60 Å². The smallest absolute Gasteiger partial charge is 0.290 e. The van der Waals surface area contributed by atoms with E-state index in [0.717, 1.165) is 62.8 Å². The normalized spacial score (nSPS) is 20.7. The molecule has 2 heterocycles. The fourth-order valence-electron chi connectivity index (χ4n) is 4.27. The van der Waals surface area contributed by atoms with Crippen LogP contribution < -0.4 is 19.5 Å². The van der Waals surface area contributed by atoms with Crippen molar-refractivity contribution in [1.29, 1.82) is 0 Å². The van der Waals surface area contributed by atoms with Crippen LogP contribution in [0.15, 0.2) is 27.6 Å². The number of hydrogen-bond acceptors (Lipinski definition) is 6. The first-order valence-corrected chi connectivity index (χ1v) is 12.8. The molecule has 0 radical (unpaired) electrons. The molecule has 1 N–H and O–H groups in total. The molecule has 6 nitrogen and oxygen atoms in total. The van der Waals surface area contributed by atoms with Crippen LogP contribution in [0, 0.1) is 20.8 Å². The highest BCUT2D eigenvalue weighted by molar-refractivity contribution is 9.10. The lowest BCUT2D eigenvalue weighted by Gasteiger charge is -2.38. The highest BCUT2D eigenvalue weighted by Crippen LogP contribution is 2.44. The summed E-state index contributed by atoms with van der Waals surface area (Å²) in [6.45, 7) is 11.4. The molecule has 2 aromatic carbocycles. The number of carbonyl (C=O) groups is 2. The average Bonchev–Trinajstić information content (AvgIpc) is 3.11. The van der Waals surface area contributed by atoms with Crippen LogP contribution in [-0.2, 0) is 11.2 Å². The fourth-order valence-corrected chi connectivity index (χ4v) is 5.46. The highest BCUT2D eigenvalue weighted by Gasteiger charge is 2.36. The summed E-state index contributed by atoms with van der Waals surface area (Å²) in [5.74, 6) is 2.23. The topological polar surface area (TPSA) is 73.9 Å². The van der Waals surface area contributed by atoms with Crippen molar-refractivity contribution in [3.8, 4) is 17.2 Å². The van der Waals surface area contributed by atoms with Gasteiger partial charge < -0.3 is 14.2 Å². The predicted octanol–water partition coefficient (Wildman–Crippen LogP) is 6.26. The van der Waals surface area contributed by atoms with Crippen molar-refractivity contribution in [2.75, 3.05) is 13.2 Å². The SMILES string of the molecule is CCOc1c(C)c(C)c2c(c1C)CCC(C)(COc1ccc(/C=C3/SC(=O)NC3=O)cc1Br)O2. The van der Waals surface area contributed by atoms with Crippen molar-refractivity contribution in [3.05, 3.63) is 55.4 Å². The lowest BCUT2D eigenvalue weighted by atomic mass is 9.87. The summed E-state index contributed by atoms with van der Waals surface area (Å²) < 4.78 is 19.4. The Morgan fingerprint density at radius 2 is 1.94 bits per heavy atom. The standard InChI is InChI=1S/C26H28BrNO5S/c1-6-31-22-14(2)15(3)23-18(16(22)4)9-10-26(5,33-23)13-32-20-8-7-17(11-19(20)27)12-21-24(29)28-25(30)34-21/h7-8,11-12H,6,9-10,13H2,1-5H3,(H,28,29,30)/b21-12+. The monoisotopic (exact) mass is 545 g/mol. The molecule has 180 valence electrons. The minimum absolute atomic E-state index is 0.354.